The zero-order valence-electron chi connectivity index (χ0n) is 10.8. The molecule has 1 unspecified atom stereocenters. The number of rotatable bonds is 3. The maximum Gasteiger partial charge on any atom is 0.251 e. The quantitative estimate of drug-likeness (QED) is 0.840. The van der Waals surface area contributed by atoms with E-state index in [9.17, 15) is 13.2 Å². The number of amides is 1. The van der Waals surface area contributed by atoms with Crippen LogP contribution in [0.4, 0.5) is 0 Å². The lowest BCUT2D eigenvalue weighted by Crippen LogP contribution is -2.24. The van der Waals surface area contributed by atoms with Crippen molar-refractivity contribution in [2.75, 3.05) is 18.6 Å². The monoisotopic (exact) mass is 282 g/mol. The lowest BCUT2D eigenvalue weighted by molar-refractivity contribution is 0.0956. The molecule has 0 fully saturated rings. The van der Waals surface area contributed by atoms with Gasteiger partial charge >= 0.3 is 0 Å². The molecule has 1 aromatic rings. The second kappa shape index (κ2) is 5.30. The van der Waals surface area contributed by atoms with E-state index in [1.54, 1.807) is 6.07 Å². The Morgan fingerprint density at radius 2 is 2.16 bits per heavy atom. The highest BCUT2D eigenvalue weighted by Gasteiger charge is 2.19. The van der Waals surface area contributed by atoms with Crippen molar-refractivity contribution >= 4 is 15.7 Å². The van der Waals surface area contributed by atoms with Gasteiger partial charge in [-0.2, -0.15) is 0 Å². The Morgan fingerprint density at radius 1 is 1.42 bits per heavy atom. The minimum Gasteiger partial charge on any atom is -0.352 e. The predicted octanol–water partition coefficient (Wildman–Crippen LogP) is 0.407. The summed E-state index contributed by atoms with van der Waals surface area (Å²) >= 11 is 0. The zero-order valence-corrected chi connectivity index (χ0v) is 11.7. The van der Waals surface area contributed by atoms with E-state index in [2.05, 4.69) is 5.32 Å². The molecule has 5 nitrogen and oxygen atoms in total. The summed E-state index contributed by atoms with van der Waals surface area (Å²) in [6.07, 6.45) is 2.91. The summed E-state index contributed by atoms with van der Waals surface area (Å²) in [5.74, 6) is -0.228. The molecule has 1 atom stereocenters. The number of nitrogens with two attached hydrogens (primary N) is 1. The van der Waals surface area contributed by atoms with Gasteiger partial charge in [-0.3, -0.25) is 4.79 Å². The molecular weight excluding hydrogens is 264 g/mol. The Hall–Kier alpha value is -1.40. The summed E-state index contributed by atoms with van der Waals surface area (Å²) < 4.78 is 22.5. The number of carbonyl (C=O) groups is 1. The molecule has 3 N–H and O–H groups in total. The Balaban J connectivity index is 2.32. The highest BCUT2D eigenvalue weighted by Crippen LogP contribution is 2.20. The van der Waals surface area contributed by atoms with Gasteiger partial charge in [0.25, 0.3) is 5.91 Å². The smallest absolute Gasteiger partial charge is 0.251 e. The fourth-order valence-electron chi connectivity index (χ4n) is 2.25. The second-order valence-corrected chi connectivity index (χ2v) is 7.16. The Bertz CT molecular complexity index is 596. The number of carbonyl (C=O) groups excluding carboxylic acids is 1. The molecule has 0 aromatic heterocycles. The van der Waals surface area contributed by atoms with Gasteiger partial charge in [-0.05, 0) is 30.0 Å². The Labute approximate surface area is 113 Å². The molecule has 1 aliphatic heterocycles. The Kier molecular flexibility index (Phi) is 3.91. The van der Waals surface area contributed by atoms with Gasteiger partial charge in [0.1, 0.15) is 9.84 Å². The fourth-order valence-corrected chi connectivity index (χ4v) is 3.10. The van der Waals surface area contributed by atoms with Crippen LogP contribution in [0.2, 0.25) is 0 Å². The van der Waals surface area contributed by atoms with Crippen LogP contribution in [0.1, 0.15) is 33.9 Å². The van der Waals surface area contributed by atoms with Crippen LogP contribution >= 0.6 is 0 Å². The summed E-state index contributed by atoms with van der Waals surface area (Å²) in [6, 6.07) is 4.80. The highest BCUT2D eigenvalue weighted by atomic mass is 32.2. The summed E-state index contributed by atoms with van der Waals surface area (Å²) in [4.78, 5) is 11.9. The van der Waals surface area contributed by atoms with Gasteiger partial charge in [-0.25, -0.2) is 8.42 Å². The van der Waals surface area contributed by atoms with Gasteiger partial charge in [0.15, 0.2) is 0 Å². The fraction of sp³-hybridized carbons (Fsp3) is 0.462. The molecule has 0 spiro atoms. The van der Waals surface area contributed by atoms with Gasteiger partial charge in [0.05, 0.1) is 5.75 Å². The first-order valence-corrected chi connectivity index (χ1v) is 8.27. The molecule has 1 aromatic carbocycles. The third kappa shape index (κ3) is 3.54. The molecule has 6 heteroatoms. The van der Waals surface area contributed by atoms with Gasteiger partial charge in [0, 0.05) is 24.4 Å². The second-order valence-electron chi connectivity index (χ2n) is 4.97. The molecule has 1 aliphatic rings. The van der Waals surface area contributed by atoms with Crippen LogP contribution in [-0.2, 0) is 16.3 Å². The van der Waals surface area contributed by atoms with Crippen molar-refractivity contribution in [3.05, 3.63) is 34.9 Å². The maximum atomic E-state index is 11.9. The molecule has 104 valence electrons. The number of aryl methyl sites for hydroxylation is 1. The number of nitrogens with one attached hydrogen (secondary N) is 1. The normalized spacial score (nSPS) is 17.3. The van der Waals surface area contributed by atoms with Crippen LogP contribution in [0.15, 0.2) is 18.2 Å². The van der Waals surface area contributed by atoms with Crippen LogP contribution in [0.25, 0.3) is 0 Å². The predicted molar refractivity (Wildman–Crippen MR) is 73.7 cm³/mol. The van der Waals surface area contributed by atoms with Gasteiger partial charge in [0.2, 0.25) is 0 Å². The van der Waals surface area contributed by atoms with E-state index in [0.717, 1.165) is 24.7 Å². The standard InChI is InChI=1S/C13H18N2O3S/c1-19(17,18)8-12(14)10-5-4-9-3-2-6-15-13(16)11(9)7-10/h4-5,7,12H,2-3,6,8,14H2,1H3,(H,15,16). The van der Waals surface area contributed by atoms with Gasteiger partial charge < -0.3 is 11.1 Å². The first-order chi connectivity index (χ1) is 8.87. The lowest BCUT2D eigenvalue weighted by Gasteiger charge is -2.13. The topological polar surface area (TPSA) is 89.3 Å². The summed E-state index contributed by atoms with van der Waals surface area (Å²) in [5.41, 5.74) is 8.17. The summed E-state index contributed by atoms with van der Waals surface area (Å²) in [5, 5.41) is 2.82. The van der Waals surface area contributed by atoms with Crippen molar-refractivity contribution in [2.24, 2.45) is 5.73 Å². The van der Waals surface area contributed by atoms with Crippen LogP contribution in [0.5, 0.6) is 0 Å². The zero-order chi connectivity index (χ0) is 14.0. The largest absolute Gasteiger partial charge is 0.352 e. The molecule has 19 heavy (non-hydrogen) atoms. The molecule has 2 rings (SSSR count). The van der Waals surface area contributed by atoms with Crippen molar-refractivity contribution in [1.29, 1.82) is 0 Å². The van der Waals surface area contributed by atoms with Gasteiger partial charge in [-0.15, -0.1) is 0 Å². The van der Waals surface area contributed by atoms with E-state index in [4.69, 9.17) is 5.73 Å². The number of fused-ring (bicyclic) bond motifs is 1. The third-order valence-corrected chi connectivity index (χ3v) is 4.16. The van der Waals surface area contributed by atoms with E-state index in [0.29, 0.717) is 17.7 Å². The van der Waals surface area contributed by atoms with E-state index in [1.807, 2.05) is 12.1 Å². The number of benzene rings is 1. The van der Waals surface area contributed by atoms with Crippen molar-refractivity contribution in [2.45, 2.75) is 18.9 Å². The van der Waals surface area contributed by atoms with Crippen LogP contribution in [0.3, 0.4) is 0 Å². The molecule has 1 heterocycles. The van der Waals surface area contributed by atoms with Crippen molar-refractivity contribution in [1.82, 2.24) is 5.32 Å². The SMILES string of the molecule is CS(=O)(=O)CC(N)c1ccc2c(c1)C(=O)NCCC2. The minimum absolute atomic E-state index is 0.110. The van der Waals surface area contributed by atoms with Crippen LogP contribution in [0, 0.1) is 0 Å². The number of hydrogen-bond acceptors (Lipinski definition) is 4. The summed E-state index contributed by atoms with van der Waals surface area (Å²) in [7, 11) is -3.14. The van der Waals surface area contributed by atoms with Crippen molar-refractivity contribution < 1.29 is 13.2 Å². The first-order valence-electron chi connectivity index (χ1n) is 6.21. The maximum absolute atomic E-state index is 11.9. The van der Waals surface area contributed by atoms with E-state index >= 15 is 0 Å². The number of sulfone groups is 1. The van der Waals surface area contributed by atoms with Crippen LogP contribution in [-0.4, -0.2) is 32.9 Å². The van der Waals surface area contributed by atoms with Crippen LogP contribution < -0.4 is 11.1 Å². The first kappa shape index (κ1) is 14.0. The average Bonchev–Trinajstić information content (AvgIpc) is 2.49. The van der Waals surface area contributed by atoms with Gasteiger partial charge in [-0.1, -0.05) is 12.1 Å². The van der Waals surface area contributed by atoms with Crippen molar-refractivity contribution in [3.63, 3.8) is 0 Å². The number of hydrogen-bond donors (Lipinski definition) is 2. The third-order valence-electron chi connectivity index (χ3n) is 3.20. The molecule has 0 saturated heterocycles. The molecule has 1 amide bonds. The molecular formula is C13H18N2O3S. The molecule has 0 bridgehead atoms. The lowest BCUT2D eigenvalue weighted by atomic mass is 9.98. The van der Waals surface area contributed by atoms with E-state index in [1.165, 1.54) is 0 Å². The minimum atomic E-state index is -3.14. The Morgan fingerprint density at radius 3 is 2.84 bits per heavy atom. The van der Waals surface area contributed by atoms with E-state index < -0.39 is 15.9 Å². The molecule has 0 aliphatic carbocycles. The highest BCUT2D eigenvalue weighted by molar-refractivity contribution is 7.90. The van der Waals surface area contributed by atoms with Crippen molar-refractivity contribution in [3.8, 4) is 0 Å². The van der Waals surface area contributed by atoms with E-state index in [-0.39, 0.29) is 11.7 Å². The molecule has 0 radical (unpaired) electrons. The average molecular weight is 282 g/mol. The molecule has 0 saturated carbocycles. The summed E-state index contributed by atoms with van der Waals surface area (Å²) in [6.45, 7) is 0.665.